The quantitative estimate of drug-likeness (QED) is 0.628. The second kappa shape index (κ2) is 11.2. The maximum absolute atomic E-state index is 12.5. The van der Waals surface area contributed by atoms with Gasteiger partial charge in [0.1, 0.15) is 0 Å². The fourth-order valence-corrected chi connectivity index (χ4v) is 5.21. The molecule has 8 heteroatoms. The van der Waals surface area contributed by atoms with Crippen LogP contribution < -0.4 is 5.32 Å². The van der Waals surface area contributed by atoms with Crippen LogP contribution in [-0.2, 0) is 15.3 Å². The molecule has 1 N–H and O–H groups in total. The van der Waals surface area contributed by atoms with Gasteiger partial charge in [-0.3, -0.25) is 14.5 Å². The van der Waals surface area contributed by atoms with E-state index in [1.165, 1.54) is 11.8 Å². The van der Waals surface area contributed by atoms with E-state index in [1.54, 1.807) is 12.1 Å². The predicted molar refractivity (Wildman–Crippen MR) is 130 cm³/mol. The average molecular weight is 480 g/mol. The number of halogens is 2. The summed E-state index contributed by atoms with van der Waals surface area (Å²) in [5.41, 5.74) is 3.86. The van der Waals surface area contributed by atoms with E-state index in [0.29, 0.717) is 54.3 Å². The van der Waals surface area contributed by atoms with Gasteiger partial charge in [-0.2, -0.15) is 0 Å². The third-order valence-corrected chi connectivity index (χ3v) is 7.02. The summed E-state index contributed by atoms with van der Waals surface area (Å²) < 4.78 is 0. The number of carbonyl (C=O) groups excluding carboxylic acids is 2. The van der Waals surface area contributed by atoms with Crippen LogP contribution in [0.3, 0.4) is 0 Å². The first kappa shape index (κ1) is 23.9. The zero-order valence-electron chi connectivity index (χ0n) is 17.8. The molecule has 3 rings (SSSR count). The molecule has 31 heavy (non-hydrogen) atoms. The summed E-state index contributed by atoms with van der Waals surface area (Å²) in [6.07, 6.45) is 0. The van der Waals surface area contributed by atoms with Crippen LogP contribution in [0.1, 0.15) is 16.7 Å². The van der Waals surface area contributed by atoms with Crippen molar-refractivity contribution in [2.75, 3.05) is 43.8 Å². The summed E-state index contributed by atoms with van der Waals surface area (Å²) in [7, 11) is 0. The van der Waals surface area contributed by atoms with E-state index in [9.17, 15) is 9.59 Å². The molecule has 2 aromatic carbocycles. The van der Waals surface area contributed by atoms with Crippen molar-refractivity contribution in [3.05, 3.63) is 63.1 Å². The SMILES string of the molecule is Cc1cccc(C)c1NC(=O)CN1CCN(C(=O)CSCc2c(Cl)cccc2Cl)CC1. The molecule has 1 heterocycles. The Hall–Kier alpha value is -1.73. The number of rotatable bonds is 7. The molecule has 0 aliphatic carbocycles. The Morgan fingerprint density at radius 3 is 2.16 bits per heavy atom. The minimum atomic E-state index is -0.0237. The van der Waals surface area contributed by atoms with Gasteiger partial charge in [-0.1, -0.05) is 47.5 Å². The highest BCUT2D eigenvalue weighted by atomic mass is 35.5. The summed E-state index contributed by atoms with van der Waals surface area (Å²) in [5, 5.41) is 4.28. The summed E-state index contributed by atoms with van der Waals surface area (Å²) in [5.74, 6) is 1.06. The molecule has 166 valence electrons. The van der Waals surface area contributed by atoms with Gasteiger partial charge in [0, 0.05) is 47.7 Å². The highest BCUT2D eigenvalue weighted by Gasteiger charge is 2.22. The number of hydrogen-bond acceptors (Lipinski definition) is 4. The third-order valence-electron chi connectivity index (χ3n) is 5.37. The second-order valence-corrected chi connectivity index (χ2v) is 9.46. The number of hydrogen-bond donors (Lipinski definition) is 1. The normalized spacial score (nSPS) is 14.5. The van der Waals surface area contributed by atoms with Crippen molar-refractivity contribution >= 4 is 52.5 Å². The molecule has 2 amide bonds. The van der Waals surface area contributed by atoms with Gasteiger partial charge in [-0.25, -0.2) is 0 Å². The van der Waals surface area contributed by atoms with Crippen molar-refractivity contribution in [2.45, 2.75) is 19.6 Å². The third kappa shape index (κ3) is 6.62. The lowest BCUT2D eigenvalue weighted by Crippen LogP contribution is -2.50. The number of para-hydroxylation sites is 1. The Morgan fingerprint density at radius 2 is 1.55 bits per heavy atom. The van der Waals surface area contributed by atoms with Crippen molar-refractivity contribution < 1.29 is 9.59 Å². The number of nitrogens with zero attached hydrogens (tertiary/aromatic N) is 2. The van der Waals surface area contributed by atoms with Crippen molar-refractivity contribution in [3.8, 4) is 0 Å². The number of amides is 2. The first-order valence-corrected chi connectivity index (χ1v) is 12.1. The largest absolute Gasteiger partial charge is 0.339 e. The molecule has 0 atom stereocenters. The monoisotopic (exact) mass is 479 g/mol. The number of piperazine rings is 1. The minimum absolute atomic E-state index is 0.0237. The van der Waals surface area contributed by atoms with Gasteiger partial charge in [0.25, 0.3) is 0 Å². The number of anilines is 1. The first-order valence-electron chi connectivity index (χ1n) is 10.2. The molecule has 0 bridgehead atoms. The van der Waals surface area contributed by atoms with Gasteiger partial charge in [0.15, 0.2) is 0 Å². The van der Waals surface area contributed by atoms with Crippen LogP contribution in [0.4, 0.5) is 5.69 Å². The van der Waals surface area contributed by atoms with Crippen LogP contribution in [-0.4, -0.2) is 60.1 Å². The summed E-state index contributed by atoms with van der Waals surface area (Å²) in [6, 6.07) is 11.4. The molecule has 0 radical (unpaired) electrons. The van der Waals surface area contributed by atoms with E-state index in [2.05, 4.69) is 10.2 Å². The molecule has 0 spiro atoms. The highest BCUT2D eigenvalue weighted by Crippen LogP contribution is 2.28. The molecule has 1 saturated heterocycles. The standard InChI is InChI=1S/C23H27Cl2N3O2S/c1-16-5-3-6-17(2)23(16)26-21(29)13-27-9-11-28(12-10-27)22(30)15-31-14-18-19(24)7-4-8-20(18)25/h3-8H,9-15H2,1-2H3,(H,26,29). The first-order chi connectivity index (χ1) is 14.8. The Kier molecular flexibility index (Phi) is 8.67. The van der Waals surface area contributed by atoms with Gasteiger partial charge in [0.2, 0.25) is 11.8 Å². The number of nitrogens with one attached hydrogen (secondary N) is 1. The maximum Gasteiger partial charge on any atom is 0.238 e. The van der Waals surface area contributed by atoms with E-state index >= 15 is 0 Å². The molecule has 0 aromatic heterocycles. The second-order valence-electron chi connectivity index (χ2n) is 7.66. The lowest BCUT2D eigenvalue weighted by atomic mass is 10.1. The summed E-state index contributed by atoms with van der Waals surface area (Å²) >= 11 is 13.9. The van der Waals surface area contributed by atoms with E-state index in [1.807, 2.05) is 43.0 Å². The Labute approximate surface area is 198 Å². The Balaban J connectivity index is 1.41. The van der Waals surface area contributed by atoms with Crippen molar-refractivity contribution in [3.63, 3.8) is 0 Å². The highest BCUT2D eigenvalue weighted by molar-refractivity contribution is 7.99. The Bertz CT molecular complexity index is 906. The van der Waals surface area contributed by atoms with Crippen LogP contribution >= 0.6 is 35.0 Å². The van der Waals surface area contributed by atoms with Crippen molar-refractivity contribution in [1.82, 2.24) is 9.80 Å². The van der Waals surface area contributed by atoms with E-state index < -0.39 is 0 Å². The number of benzene rings is 2. The van der Waals surface area contributed by atoms with Crippen molar-refractivity contribution in [2.24, 2.45) is 0 Å². The fourth-order valence-electron chi connectivity index (χ4n) is 3.55. The molecule has 0 saturated carbocycles. The summed E-state index contributed by atoms with van der Waals surface area (Å²) in [4.78, 5) is 29.0. The summed E-state index contributed by atoms with van der Waals surface area (Å²) in [6.45, 7) is 6.94. The van der Waals surface area contributed by atoms with Gasteiger partial charge in [-0.15, -0.1) is 11.8 Å². The van der Waals surface area contributed by atoms with Crippen molar-refractivity contribution in [1.29, 1.82) is 0 Å². The smallest absolute Gasteiger partial charge is 0.238 e. The lowest BCUT2D eigenvalue weighted by molar-refractivity contribution is -0.130. The van der Waals surface area contributed by atoms with Gasteiger partial charge >= 0.3 is 0 Å². The molecular weight excluding hydrogens is 453 g/mol. The molecule has 1 aliphatic heterocycles. The molecular formula is C23H27Cl2N3O2S. The Morgan fingerprint density at radius 1 is 0.968 bits per heavy atom. The number of thioether (sulfide) groups is 1. The fraction of sp³-hybridized carbons (Fsp3) is 0.391. The van der Waals surface area contributed by atoms with Gasteiger partial charge < -0.3 is 10.2 Å². The molecule has 2 aromatic rings. The predicted octanol–water partition coefficient (Wildman–Crippen LogP) is 4.63. The molecule has 1 aliphatic rings. The van der Waals surface area contributed by atoms with Gasteiger partial charge in [0.05, 0.1) is 12.3 Å². The molecule has 5 nitrogen and oxygen atoms in total. The van der Waals surface area contributed by atoms with Crippen LogP contribution in [0.15, 0.2) is 36.4 Å². The average Bonchev–Trinajstić information content (AvgIpc) is 2.73. The maximum atomic E-state index is 12.5. The van der Waals surface area contributed by atoms with Gasteiger partial charge in [-0.05, 0) is 42.7 Å². The zero-order valence-corrected chi connectivity index (χ0v) is 20.1. The van der Waals surface area contributed by atoms with Crippen LogP contribution in [0.5, 0.6) is 0 Å². The zero-order chi connectivity index (χ0) is 22.4. The molecule has 0 unspecified atom stereocenters. The van der Waals surface area contributed by atoms with E-state index in [-0.39, 0.29) is 11.8 Å². The van der Waals surface area contributed by atoms with Crippen LogP contribution in [0.25, 0.3) is 0 Å². The van der Waals surface area contributed by atoms with Crippen LogP contribution in [0, 0.1) is 13.8 Å². The van der Waals surface area contributed by atoms with E-state index in [0.717, 1.165) is 22.4 Å². The number of aryl methyl sites for hydroxylation is 2. The minimum Gasteiger partial charge on any atom is -0.339 e. The van der Waals surface area contributed by atoms with Crippen LogP contribution in [0.2, 0.25) is 10.0 Å². The number of carbonyl (C=O) groups is 2. The molecule has 1 fully saturated rings. The van der Waals surface area contributed by atoms with E-state index in [4.69, 9.17) is 23.2 Å². The topological polar surface area (TPSA) is 52.7 Å². The lowest BCUT2D eigenvalue weighted by Gasteiger charge is -2.34.